The van der Waals surface area contributed by atoms with Gasteiger partial charge in [-0.05, 0) is 0 Å². The maximum Gasteiger partial charge on any atom is 0.0463 e. The SMILES string of the molecule is C[C@@H]1C=C[C-]=CC1O.C[CH-]CC.[Ce]. The Kier molecular flexibility index (Phi) is 13.6. The second-order valence-corrected chi connectivity index (χ2v) is 2.86. The number of aliphatic hydroxyl groups excluding tert-OH is 1. The summed E-state index contributed by atoms with van der Waals surface area (Å²) in [6.07, 6.45) is 11.2. The Balaban J connectivity index is 0. The van der Waals surface area contributed by atoms with E-state index in [1.807, 2.05) is 19.1 Å². The van der Waals surface area contributed by atoms with Crippen LogP contribution in [-0.4, -0.2) is 11.2 Å². The zero-order valence-corrected chi connectivity index (χ0v) is 11.8. The molecule has 0 aromatic heterocycles. The molecule has 1 unspecified atom stereocenters. The fraction of sp³-hybridized carbons (Fsp3) is 0.545. The van der Waals surface area contributed by atoms with E-state index in [4.69, 9.17) is 5.11 Å². The second kappa shape index (κ2) is 10.9. The average molecular weight is 306 g/mol. The van der Waals surface area contributed by atoms with Gasteiger partial charge in [-0.1, -0.05) is 19.8 Å². The van der Waals surface area contributed by atoms with Crippen LogP contribution in [0.25, 0.3) is 0 Å². The van der Waals surface area contributed by atoms with Gasteiger partial charge in [0.05, 0.1) is 0 Å². The van der Waals surface area contributed by atoms with Crippen LogP contribution in [0.2, 0.25) is 0 Å². The maximum absolute atomic E-state index is 9.01. The van der Waals surface area contributed by atoms with E-state index < -0.39 is 0 Å². The van der Waals surface area contributed by atoms with Gasteiger partial charge in [-0.2, -0.15) is 13.3 Å². The van der Waals surface area contributed by atoms with Gasteiger partial charge < -0.3 is 11.5 Å². The van der Waals surface area contributed by atoms with E-state index in [2.05, 4.69) is 26.3 Å². The first-order valence-electron chi connectivity index (χ1n) is 4.44. The molecule has 0 fully saturated rings. The van der Waals surface area contributed by atoms with Gasteiger partial charge in [-0.25, -0.2) is 12.2 Å². The summed E-state index contributed by atoms with van der Waals surface area (Å²) in [7, 11) is 0. The molecule has 1 nitrogen and oxygen atoms in total. The molecular formula is C11H18CeO-2. The molecule has 0 radical (unpaired) electrons. The Morgan fingerprint density at radius 3 is 2.31 bits per heavy atom. The molecule has 1 rings (SSSR count). The van der Waals surface area contributed by atoms with Gasteiger partial charge in [0, 0.05) is 47.9 Å². The molecule has 2 atom stereocenters. The molecule has 1 aliphatic rings. The van der Waals surface area contributed by atoms with Gasteiger partial charge in [-0.15, -0.1) is 6.08 Å². The standard InChI is InChI=1S/C7H9O.C4H9.Ce/c1-6-4-2-3-5-7(6)8;1-3-4-2;/h2,4-8H,1H3;3H,4H2,1-2H3;/q2*-1;/t6-,7?;;/m1../s1. The molecule has 0 aliphatic heterocycles. The summed E-state index contributed by atoms with van der Waals surface area (Å²) in [6.45, 7) is 6.15. The number of aliphatic hydroxyl groups is 1. The minimum Gasteiger partial charge on any atom is -0.392 e. The molecule has 0 saturated heterocycles. The topological polar surface area (TPSA) is 20.2 Å². The van der Waals surface area contributed by atoms with Crippen molar-refractivity contribution in [1.29, 1.82) is 0 Å². The maximum atomic E-state index is 9.01. The molecule has 1 N–H and O–H groups in total. The van der Waals surface area contributed by atoms with Crippen molar-refractivity contribution in [3.05, 3.63) is 30.7 Å². The first kappa shape index (κ1) is 16.3. The van der Waals surface area contributed by atoms with Gasteiger partial charge >= 0.3 is 0 Å². The summed E-state index contributed by atoms with van der Waals surface area (Å²) in [6, 6.07) is 0. The molecule has 0 aromatic rings. The van der Waals surface area contributed by atoms with Crippen molar-refractivity contribution in [3.8, 4) is 0 Å². The predicted molar refractivity (Wildman–Crippen MR) is 52.4 cm³/mol. The fourth-order valence-corrected chi connectivity index (χ4v) is 0.627. The molecule has 74 valence electrons. The quantitative estimate of drug-likeness (QED) is 0.738. The Hall–Kier alpha value is 0.817. The van der Waals surface area contributed by atoms with Crippen molar-refractivity contribution in [2.75, 3.05) is 0 Å². The van der Waals surface area contributed by atoms with Crippen LogP contribution in [-0.2, 0) is 0 Å². The Morgan fingerprint density at radius 2 is 2.08 bits per heavy atom. The zero-order chi connectivity index (χ0) is 9.40. The van der Waals surface area contributed by atoms with E-state index in [0.29, 0.717) is 0 Å². The van der Waals surface area contributed by atoms with Gasteiger partial charge in [-0.3, -0.25) is 6.08 Å². The van der Waals surface area contributed by atoms with Crippen LogP contribution in [0.4, 0.5) is 0 Å². The van der Waals surface area contributed by atoms with E-state index in [1.165, 1.54) is 6.42 Å². The molecule has 0 saturated carbocycles. The molecule has 0 bridgehead atoms. The van der Waals surface area contributed by atoms with Gasteiger partial charge in [0.25, 0.3) is 0 Å². The smallest absolute Gasteiger partial charge is 0.0463 e. The summed E-state index contributed by atoms with van der Waals surface area (Å²) in [5.74, 6) is 0.260. The summed E-state index contributed by atoms with van der Waals surface area (Å²) in [5.41, 5.74) is 0. The molecule has 2 heteroatoms. The van der Waals surface area contributed by atoms with Crippen molar-refractivity contribution in [3.63, 3.8) is 0 Å². The predicted octanol–water partition coefficient (Wildman–Crippen LogP) is 2.53. The number of hydrogen-bond acceptors (Lipinski definition) is 1. The molecule has 13 heavy (non-hydrogen) atoms. The van der Waals surface area contributed by atoms with Gasteiger partial charge in [0.15, 0.2) is 0 Å². The number of rotatable bonds is 1. The Labute approximate surface area is 116 Å². The van der Waals surface area contributed by atoms with Crippen LogP contribution in [0.3, 0.4) is 0 Å². The third kappa shape index (κ3) is 9.13. The van der Waals surface area contributed by atoms with Crippen LogP contribution in [0, 0.1) is 60.2 Å². The Morgan fingerprint density at radius 1 is 1.54 bits per heavy atom. The first-order valence-corrected chi connectivity index (χ1v) is 4.44. The fourth-order valence-electron chi connectivity index (χ4n) is 0.627. The average Bonchev–Trinajstić information content (AvgIpc) is 2.11. The van der Waals surface area contributed by atoms with Crippen molar-refractivity contribution < 1.29 is 46.9 Å². The van der Waals surface area contributed by atoms with Crippen LogP contribution >= 0.6 is 0 Å². The van der Waals surface area contributed by atoms with Gasteiger partial charge in [0.2, 0.25) is 0 Å². The van der Waals surface area contributed by atoms with E-state index in [9.17, 15) is 0 Å². The van der Waals surface area contributed by atoms with Crippen LogP contribution in [0.15, 0.2) is 18.2 Å². The largest absolute Gasteiger partial charge is 0.392 e. The molecule has 0 amide bonds. The molecule has 1 aliphatic carbocycles. The summed E-state index contributed by atoms with van der Waals surface area (Å²) < 4.78 is 0. The molecular weight excluding hydrogens is 288 g/mol. The first-order chi connectivity index (χ1) is 5.72. The molecule has 0 aromatic carbocycles. The molecule has 0 heterocycles. The van der Waals surface area contributed by atoms with Crippen molar-refractivity contribution in [2.45, 2.75) is 33.3 Å². The third-order valence-corrected chi connectivity index (χ3v) is 1.71. The van der Waals surface area contributed by atoms with Crippen molar-refractivity contribution in [1.82, 2.24) is 0 Å². The van der Waals surface area contributed by atoms with Crippen LogP contribution in [0.5, 0.6) is 0 Å². The Bertz CT molecular complexity index is 134. The number of allylic oxidation sites excluding steroid dienone is 2. The minimum atomic E-state index is -0.319. The summed E-state index contributed by atoms with van der Waals surface area (Å²) >= 11 is 0. The minimum absolute atomic E-state index is 0. The summed E-state index contributed by atoms with van der Waals surface area (Å²) in [5, 5.41) is 9.01. The van der Waals surface area contributed by atoms with Crippen LogP contribution < -0.4 is 0 Å². The van der Waals surface area contributed by atoms with Crippen molar-refractivity contribution in [2.24, 2.45) is 5.92 Å². The normalized spacial score (nSPS) is 24.3. The number of hydrogen-bond donors (Lipinski definition) is 1. The van der Waals surface area contributed by atoms with E-state index in [-0.39, 0.29) is 53.8 Å². The van der Waals surface area contributed by atoms with E-state index >= 15 is 0 Å². The summed E-state index contributed by atoms with van der Waals surface area (Å²) in [4.78, 5) is 0. The van der Waals surface area contributed by atoms with Crippen LogP contribution in [0.1, 0.15) is 27.2 Å². The number of unbranched alkanes of at least 4 members (excludes halogenated alkanes) is 1. The van der Waals surface area contributed by atoms with Crippen molar-refractivity contribution >= 4 is 0 Å². The van der Waals surface area contributed by atoms with E-state index in [1.54, 1.807) is 6.08 Å². The molecule has 0 spiro atoms. The van der Waals surface area contributed by atoms with Gasteiger partial charge in [0.1, 0.15) is 0 Å². The third-order valence-electron chi connectivity index (χ3n) is 1.71. The van der Waals surface area contributed by atoms with E-state index in [0.717, 1.165) is 0 Å². The second-order valence-electron chi connectivity index (χ2n) is 2.86. The zero-order valence-electron chi connectivity index (χ0n) is 8.62. The monoisotopic (exact) mass is 306 g/mol.